The van der Waals surface area contributed by atoms with Crippen LogP contribution in [0.4, 0.5) is 8.78 Å². The first-order valence-electron chi connectivity index (χ1n) is 17.3. The van der Waals surface area contributed by atoms with Crippen molar-refractivity contribution in [2.24, 2.45) is 0 Å². The van der Waals surface area contributed by atoms with Gasteiger partial charge in [-0.15, -0.1) is 0 Å². The van der Waals surface area contributed by atoms with Gasteiger partial charge in [-0.3, -0.25) is 0 Å². The SMILES string of the molecule is CCCCCCC[C@H](F)C(=O)OC1CCC(c2ccc(C3CCC(OC(=O)[C@@H](F)CCCCCCC)CC3)c(Cl)c2)CC1. The van der Waals surface area contributed by atoms with Gasteiger partial charge in [-0.1, -0.05) is 88.9 Å². The summed E-state index contributed by atoms with van der Waals surface area (Å²) in [4.78, 5) is 24.5. The Labute approximate surface area is 264 Å². The summed E-state index contributed by atoms with van der Waals surface area (Å²) in [6, 6.07) is 6.37. The fourth-order valence-corrected chi connectivity index (χ4v) is 7.04. The molecule has 4 nitrogen and oxygen atoms in total. The van der Waals surface area contributed by atoms with Crippen LogP contribution in [0.25, 0.3) is 0 Å². The molecule has 0 amide bonds. The predicted molar refractivity (Wildman–Crippen MR) is 170 cm³/mol. The summed E-state index contributed by atoms with van der Waals surface area (Å²) in [6.45, 7) is 4.29. The molecule has 2 atom stereocenters. The molecular formula is C36H55ClF2O4. The van der Waals surface area contributed by atoms with Crippen molar-refractivity contribution < 1.29 is 27.8 Å². The molecule has 2 aliphatic carbocycles. The highest BCUT2D eigenvalue weighted by Crippen LogP contribution is 2.41. The number of esters is 2. The van der Waals surface area contributed by atoms with Crippen molar-refractivity contribution in [3.8, 4) is 0 Å². The lowest BCUT2D eigenvalue weighted by molar-refractivity contribution is -0.157. The Hall–Kier alpha value is -1.69. The number of rotatable bonds is 18. The Morgan fingerprint density at radius 2 is 1.14 bits per heavy atom. The molecule has 0 radical (unpaired) electrons. The smallest absolute Gasteiger partial charge is 0.340 e. The Bertz CT molecular complexity index is 957. The number of ether oxygens (including phenoxy) is 2. The Kier molecular flexibility index (Phi) is 16.3. The molecule has 2 saturated carbocycles. The number of carbonyl (C=O) groups excluding carboxylic acids is 2. The van der Waals surface area contributed by atoms with Crippen LogP contribution in [0.15, 0.2) is 18.2 Å². The van der Waals surface area contributed by atoms with Gasteiger partial charge in [0.1, 0.15) is 12.2 Å². The Morgan fingerprint density at radius 1 is 0.698 bits per heavy atom. The van der Waals surface area contributed by atoms with Crippen molar-refractivity contribution in [2.45, 2.75) is 179 Å². The summed E-state index contributed by atoms with van der Waals surface area (Å²) in [6.07, 6.45) is 13.6. The van der Waals surface area contributed by atoms with Gasteiger partial charge in [0.25, 0.3) is 0 Å². The fraction of sp³-hybridized carbons (Fsp3) is 0.778. The lowest BCUT2D eigenvalue weighted by Gasteiger charge is -2.31. The second kappa shape index (κ2) is 19.6. The van der Waals surface area contributed by atoms with E-state index < -0.39 is 24.3 Å². The minimum absolute atomic E-state index is 0.209. The molecule has 0 spiro atoms. The predicted octanol–water partition coefficient (Wildman–Crippen LogP) is 10.9. The van der Waals surface area contributed by atoms with Crippen molar-refractivity contribution in [1.82, 2.24) is 0 Å². The molecule has 43 heavy (non-hydrogen) atoms. The molecule has 0 heterocycles. The zero-order valence-corrected chi connectivity index (χ0v) is 27.4. The van der Waals surface area contributed by atoms with Crippen molar-refractivity contribution in [3.63, 3.8) is 0 Å². The van der Waals surface area contributed by atoms with Gasteiger partial charge in [0.2, 0.25) is 0 Å². The number of hydrogen-bond acceptors (Lipinski definition) is 4. The molecule has 3 rings (SSSR count). The molecule has 1 aromatic carbocycles. The van der Waals surface area contributed by atoms with Crippen LogP contribution in [0.3, 0.4) is 0 Å². The van der Waals surface area contributed by atoms with E-state index in [0.717, 1.165) is 126 Å². The molecular weight excluding hydrogens is 570 g/mol. The number of unbranched alkanes of at least 4 members (excludes halogenated alkanes) is 8. The fourth-order valence-electron chi connectivity index (χ4n) is 6.70. The van der Waals surface area contributed by atoms with E-state index in [9.17, 15) is 18.4 Å². The zero-order chi connectivity index (χ0) is 31.0. The first-order chi connectivity index (χ1) is 20.8. The summed E-state index contributed by atoms with van der Waals surface area (Å²) in [5, 5.41) is 0.762. The number of halogens is 3. The van der Waals surface area contributed by atoms with Gasteiger partial charge >= 0.3 is 11.9 Å². The quantitative estimate of drug-likeness (QED) is 0.120. The van der Waals surface area contributed by atoms with Crippen LogP contribution in [-0.2, 0) is 19.1 Å². The van der Waals surface area contributed by atoms with Crippen molar-refractivity contribution in [2.75, 3.05) is 0 Å². The maximum Gasteiger partial charge on any atom is 0.340 e. The highest BCUT2D eigenvalue weighted by molar-refractivity contribution is 6.31. The van der Waals surface area contributed by atoms with Gasteiger partial charge in [0.15, 0.2) is 12.3 Å². The van der Waals surface area contributed by atoms with Gasteiger partial charge in [-0.05, 0) is 106 Å². The third-order valence-electron chi connectivity index (χ3n) is 9.48. The second-order valence-electron chi connectivity index (χ2n) is 12.9. The summed E-state index contributed by atoms with van der Waals surface area (Å²) in [5.74, 6) is -0.755. The van der Waals surface area contributed by atoms with Gasteiger partial charge < -0.3 is 9.47 Å². The molecule has 7 heteroatoms. The van der Waals surface area contributed by atoms with Crippen LogP contribution in [0.5, 0.6) is 0 Å². The van der Waals surface area contributed by atoms with Crippen LogP contribution < -0.4 is 0 Å². The zero-order valence-electron chi connectivity index (χ0n) is 26.6. The van der Waals surface area contributed by atoms with Gasteiger partial charge in [0, 0.05) is 5.02 Å². The van der Waals surface area contributed by atoms with Crippen LogP contribution >= 0.6 is 11.6 Å². The molecule has 0 saturated heterocycles. The standard InChI is InChI=1S/C36H55ClF2O4/c1-3-5-7-9-11-13-33(38)35(40)42-29-20-15-26(16-21-29)28-19-24-31(32(37)25-28)27-17-22-30(23-18-27)43-36(41)34(39)14-12-10-8-6-4-2/h19,24-27,29-30,33-34H,3-18,20-23H2,1-2H3/t26?,27?,29?,30?,33-,34-/m0/s1. The lowest BCUT2D eigenvalue weighted by Crippen LogP contribution is -2.28. The molecule has 0 unspecified atom stereocenters. The molecule has 2 fully saturated rings. The lowest BCUT2D eigenvalue weighted by atomic mass is 9.80. The third kappa shape index (κ3) is 12.3. The summed E-state index contributed by atoms with van der Waals surface area (Å²) < 4.78 is 39.6. The average Bonchev–Trinajstić information content (AvgIpc) is 3.01. The molecule has 1 aromatic rings. The number of hydrogen-bond donors (Lipinski definition) is 0. The van der Waals surface area contributed by atoms with E-state index in [2.05, 4.69) is 32.0 Å². The van der Waals surface area contributed by atoms with E-state index >= 15 is 0 Å². The summed E-state index contributed by atoms with van der Waals surface area (Å²) in [5.41, 5.74) is 2.32. The summed E-state index contributed by atoms with van der Waals surface area (Å²) >= 11 is 6.78. The minimum atomic E-state index is -1.52. The normalized spacial score (nSPS) is 23.8. The highest BCUT2D eigenvalue weighted by atomic mass is 35.5. The first-order valence-corrected chi connectivity index (χ1v) is 17.7. The van der Waals surface area contributed by atoms with Crippen molar-refractivity contribution in [1.29, 1.82) is 0 Å². The van der Waals surface area contributed by atoms with Gasteiger partial charge in [-0.2, -0.15) is 0 Å². The molecule has 0 bridgehead atoms. The molecule has 244 valence electrons. The topological polar surface area (TPSA) is 52.6 Å². The highest BCUT2D eigenvalue weighted by Gasteiger charge is 2.30. The third-order valence-corrected chi connectivity index (χ3v) is 9.81. The van der Waals surface area contributed by atoms with Crippen molar-refractivity contribution in [3.05, 3.63) is 34.3 Å². The number of carbonyl (C=O) groups is 2. The molecule has 0 aromatic heterocycles. The van der Waals surface area contributed by atoms with Crippen molar-refractivity contribution >= 4 is 23.5 Å². The van der Waals surface area contributed by atoms with Crippen LogP contribution in [-0.4, -0.2) is 36.5 Å². The monoisotopic (exact) mass is 624 g/mol. The largest absolute Gasteiger partial charge is 0.460 e. The Morgan fingerprint density at radius 3 is 1.58 bits per heavy atom. The van der Waals surface area contributed by atoms with Crippen LogP contribution in [0, 0.1) is 0 Å². The average molecular weight is 625 g/mol. The van der Waals surface area contributed by atoms with Gasteiger partial charge in [0.05, 0.1) is 0 Å². The van der Waals surface area contributed by atoms with E-state index in [-0.39, 0.29) is 25.0 Å². The molecule has 0 N–H and O–H groups in total. The minimum Gasteiger partial charge on any atom is -0.460 e. The first kappa shape index (κ1) is 35.8. The van der Waals surface area contributed by atoms with E-state index in [0.29, 0.717) is 11.8 Å². The summed E-state index contributed by atoms with van der Waals surface area (Å²) in [7, 11) is 0. The van der Waals surface area contributed by atoms with E-state index in [4.69, 9.17) is 21.1 Å². The second-order valence-corrected chi connectivity index (χ2v) is 13.4. The van der Waals surface area contributed by atoms with E-state index in [1.165, 1.54) is 5.56 Å². The maximum absolute atomic E-state index is 14.3. The maximum atomic E-state index is 14.3. The van der Waals surface area contributed by atoms with E-state index in [1.54, 1.807) is 0 Å². The molecule has 0 aliphatic heterocycles. The molecule has 2 aliphatic rings. The number of benzene rings is 1. The number of alkyl halides is 2. The Balaban J connectivity index is 1.37. The van der Waals surface area contributed by atoms with Crippen LogP contribution in [0.1, 0.15) is 165 Å². The van der Waals surface area contributed by atoms with E-state index in [1.807, 2.05) is 0 Å². The van der Waals surface area contributed by atoms with Crippen LogP contribution in [0.2, 0.25) is 5.02 Å². The van der Waals surface area contributed by atoms with Gasteiger partial charge in [-0.25, -0.2) is 18.4 Å².